The molecule has 0 aliphatic heterocycles. The van der Waals surface area contributed by atoms with E-state index in [0.717, 1.165) is 9.80 Å². The van der Waals surface area contributed by atoms with Gasteiger partial charge in [-0.3, -0.25) is 19.4 Å². The van der Waals surface area contributed by atoms with Crippen molar-refractivity contribution in [3.8, 4) is 0 Å². The van der Waals surface area contributed by atoms with E-state index in [0.29, 0.717) is 0 Å². The molecule has 0 aromatic heterocycles. The number of halogens is 1. The minimum Gasteiger partial charge on any atom is -1.00 e. The molecule has 0 aromatic carbocycles. The van der Waals surface area contributed by atoms with Crippen LogP contribution in [0.5, 0.6) is 0 Å². The summed E-state index contributed by atoms with van der Waals surface area (Å²) >= 11 is 0. The van der Waals surface area contributed by atoms with Crippen molar-refractivity contribution in [1.29, 1.82) is 0 Å². The Kier molecular flexibility index (Phi) is 37.6. The van der Waals surface area contributed by atoms with Crippen molar-refractivity contribution in [2.45, 2.75) is 0 Å². The van der Waals surface area contributed by atoms with Crippen LogP contribution in [0.25, 0.3) is 0 Å². The molecular formula is C10H16ClN2Na3O9. The van der Waals surface area contributed by atoms with Gasteiger partial charge < -0.3 is 47.9 Å². The van der Waals surface area contributed by atoms with Crippen LogP contribution in [0.4, 0.5) is 0 Å². The van der Waals surface area contributed by atoms with Gasteiger partial charge in [0.1, 0.15) is 0 Å². The molecule has 4 N–H and O–H groups in total. The molecule has 0 saturated carbocycles. The van der Waals surface area contributed by atoms with Crippen molar-refractivity contribution < 1.29 is 146 Å². The zero-order valence-electron chi connectivity index (χ0n) is 14.4. The third kappa shape index (κ3) is 27.4. The SMILES string of the molecule is O.O=C([O-])CN(CCN(CC(=O)[O-])CC(=O)O)CC(=O)O.[Cl-].[Na+].[Na+].[Na+]. The fourth-order valence-electron chi connectivity index (χ4n) is 1.46. The number of nitrogens with zero attached hydrogens (tertiary/aromatic N) is 2. The van der Waals surface area contributed by atoms with Crippen LogP contribution in [-0.4, -0.2) is 88.6 Å². The minimum atomic E-state index is -1.49. The molecule has 0 bridgehead atoms. The van der Waals surface area contributed by atoms with Gasteiger partial charge in [0.05, 0.1) is 25.0 Å². The Labute approximate surface area is 216 Å². The van der Waals surface area contributed by atoms with Crippen molar-refractivity contribution in [2.75, 3.05) is 39.3 Å². The molecule has 11 nitrogen and oxygen atoms in total. The van der Waals surface area contributed by atoms with Crippen LogP contribution in [0.15, 0.2) is 0 Å². The normalized spacial score (nSPS) is 8.56. The molecule has 0 heterocycles. The molecule has 0 rings (SSSR count). The van der Waals surface area contributed by atoms with Crippen LogP contribution in [0.1, 0.15) is 0 Å². The van der Waals surface area contributed by atoms with Gasteiger partial charge in [0.25, 0.3) is 0 Å². The number of carbonyl (C=O) groups is 4. The van der Waals surface area contributed by atoms with E-state index in [9.17, 15) is 29.4 Å². The Morgan fingerprint density at radius 1 is 0.680 bits per heavy atom. The fourth-order valence-corrected chi connectivity index (χ4v) is 1.46. The van der Waals surface area contributed by atoms with Gasteiger partial charge in [-0.2, -0.15) is 0 Å². The van der Waals surface area contributed by atoms with E-state index in [1.54, 1.807) is 0 Å². The molecule has 0 saturated heterocycles. The fraction of sp³-hybridized carbons (Fsp3) is 0.600. The van der Waals surface area contributed by atoms with E-state index in [1.807, 2.05) is 0 Å². The third-order valence-electron chi connectivity index (χ3n) is 2.16. The first-order valence-corrected chi connectivity index (χ1v) is 5.48. The number of hydrogen-bond donors (Lipinski definition) is 2. The summed E-state index contributed by atoms with van der Waals surface area (Å²) in [6.07, 6.45) is 0. The van der Waals surface area contributed by atoms with Gasteiger partial charge in [0, 0.05) is 26.2 Å². The van der Waals surface area contributed by atoms with Crippen LogP contribution in [0.3, 0.4) is 0 Å². The number of aliphatic carboxylic acids is 4. The second-order valence-electron chi connectivity index (χ2n) is 3.95. The Balaban J connectivity index is -0.000000180. The molecule has 0 aliphatic carbocycles. The van der Waals surface area contributed by atoms with Gasteiger partial charge in [0.2, 0.25) is 0 Å². The molecule has 0 radical (unpaired) electrons. The van der Waals surface area contributed by atoms with Gasteiger partial charge in [-0.15, -0.1) is 0 Å². The standard InChI is InChI=1S/C10H16N2O8.ClH.3Na.H2O/c13-7(14)3-11(4-8(15)16)1-2-12(5-9(17)18)6-10(19)20;;;;;/h1-6H2,(H,13,14)(H,15,16)(H,17,18)(H,19,20);1H;;;;1H2/q;;3*+1;/p-3. The van der Waals surface area contributed by atoms with Crippen LogP contribution >= 0.6 is 0 Å². The summed E-state index contributed by atoms with van der Waals surface area (Å²) in [5.74, 6) is -5.52. The van der Waals surface area contributed by atoms with Crippen LogP contribution in [-0.2, 0) is 19.2 Å². The number of hydrogen-bond acceptors (Lipinski definition) is 8. The van der Waals surface area contributed by atoms with E-state index >= 15 is 0 Å². The number of carbonyl (C=O) groups excluding carboxylic acids is 2. The molecule has 0 aliphatic rings. The van der Waals surface area contributed by atoms with Gasteiger partial charge in [-0.05, 0) is 0 Å². The first kappa shape index (κ1) is 40.7. The molecule has 0 aromatic rings. The Bertz CT molecular complexity index is 336. The van der Waals surface area contributed by atoms with Gasteiger partial charge in [-0.1, -0.05) is 0 Å². The summed E-state index contributed by atoms with van der Waals surface area (Å²) < 4.78 is 0. The maximum absolute atomic E-state index is 10.5. The molecule has 0 amide bonds. The molecule has 0 unspecified atom stereocenters. The summed E-state index contributed by atoms with van der Waals surface area (Å²) in [6, 6.07) is 0. The van der Waals surface area contributed by atoms with Crippen molar-refractivity contribution in [3.63, 3.8) is 0 Å². The molecule has 0 fully saturated rings. The van der Waals surface area contributed by atoms with E-state index < -0.39 is 50.1 Å². The quantitative estimate of drug-likeness (QED) is 0.308. The predicted molar refractivity (Wildman–Crippen MR) is 61.8 cm³/mol. The summed E-state index contributed by atoms with van der Waals surface area (Å²) in [7, 11) is 0. The van der Waals surface area contributed by atoms with Crippen molar-refractivity contribution in [1.82, 2.24) is 9.80 Å². The monoisotopic (exact) mass is 412 g/mol. The maximum atomic E-state index is 10.5. The first-order valence-electron chi connectivity index (χ1n) is 5.48. The smallest absolute Gasteiger partial charge is 1.00 e. The molecule has 25 heavy (non-hydrogen) atoms. The first-order chi connectivity index (χ1) is 9.20. The molecule has 130 valence electrons. The summed E-state index contributed by atoms with van der Waals surface area (Å²) in [5, 5.41) is 38.0. The minimum absolute atomic E-state index is 0. The van der Waals surface area contributed by atoms with Crippen molar-refractivity contribution >= 4 is 23.9 Å². The van der Waals surface area contributed by atoms with Gasteiger partial charge in [0.15, 0.2) is 0 Å². The second-order valence-corrected chi connectivity index (χ2v) is 3.95. The number of carboxylic acid groups (broad SMARTS) is 4. The molecule has 0 atom stereocenters. The molecule has 15 heteroatoms. The van der Waals surface area contributed by atoms with Crippen LogP contribution in [0, 0.1) is 0 Å². The van der Waals surface area contributed by atoms with Crippen LogP contribution < -0.4 is 111 Å². The summed E-state index contributed by atoms with van der Waals surface area (Å²) in [6.45, 7) is -2.75. The van der Waals surface area contributed by atoms with Gasteiger partial charge >= 0.3 is 101 Å². The Morgan fingerprint density at radius 2 is 0.920 bits per heavy atom. The van der Waals surface area contributed by atoms with E-state index in [2.05, 4.69) is 0 Å². The van der Waals surface area contributed by atoms with E-state index in [1.165, 1.54) is 0 Å². The summed E-state index contributed by atoms with van der Waals surface area (Å²) in [5.41, 5.74) is 0. The zero-order chi connectivity index (χ0) is 15.7. The number of carboxylic acids is 4. The Morgan fingerprint density at radius 3 is 1.08 bits per heavy atom. The summed E-state index contributed by atoms with van der Waals surface area (Å²) in [4.78, 5) is 43.9. The molecular weight excluding hydrogens is 397 g/mol. The van der Waals surface area contributed by atoms with E-state index in [4.69, 9.17) is 10.2 Å². The Hall–Kier alpha value is 1.05. The zero-order valence-corrected chi connectivity index (χ0v) is 21.1. The largest absolute Gasteiger partial charge is 1.00 e. The van der Waals surface area contributed by atoms with Crippen molar-refractivity contribution in [3.05, 3.63) is 0 Å². The van der Waals surface area contributed by atoms with E-state index in [-0.39, 0.29) is 120 Å². The van der Waals surface area contributed by atoms with Crippen molar-refractivity contribution in [2.24, 2.45) is 0 Å². The predicted octanol–water partition coefficient (Wildman–Crippen LogP) is -17.5. The average molecular weight is 413 g/mol. The van der Waals surface area contributed by atoms with Gasteiger partial charge in [-0.25, -0.2) is 0 Å². The molecule has 0 spiro atoms. The third-order valence-corrected chi connectivity index (χ3v) is 2.16. The topological polar surface area (TPSA) is 193 Å². The van der Waals surface area contributed by atoms with Crippen LogP contribution in [0.2, 0.25) is 0 Å². The average Bonchev–Trinajstić information content (AvgIpc) is 2.22. The second kappa shape index (κ2) is 23.1. The number of rotatable bonds is 11. The maximum Gasteiger partial charge on any atom is 1.00 e.